The normalized spacial score (nSPS) is 12.1. The van der Waals surface area contributed by atoms with Gasteiger partial charge in [-0.15, -0.1) is 11.3 Å². The van der Waals surface area contributed by atoms with Crippen molar-refractivity contribution in [2.45, 2.75) is 13.0 Å². The number of nitrogens with one attached hydrogen (secondary N) is 1. The van der Waals surface area contributed by atoms with Gasteiger partial charge in [0.25, 0.3) is 0 Å². The lowest BCUT2D eigenvalue weighted by Crippen LogP contribution is -2.08. The summed E-state index contributed by atoms with van der Waals surface area (Å²) in [5, 5.41) is 15.7. The maximum Gasteiger partial charge on any atom is 0.311 e. The summed E-state index contributed by atoms with van der Waals surface area (Å²) in [5.74, 6) is 0.447. The Hall–Kier alpha value is -2.15. The molecule has 0 amide bonds. The Labute approximate surface area is 108 Å². The van der Waals surface area contributed by atoms with Gasteiger partial charge in [-0.25, -0.2) is 4.98 Å². The van der Waals surface area contributed by atoms with Crippen molar-refractivity contribution in [3.63, 3.8) is 0 Å². The molecule has 18 heavy (non-hydrogen) atoms. The van der Waals surface area contributed by atoms with Gasteiger partial charge in [-0.3, -0.25) is 10.1 Å². The van der Waals surface area contributed by atoms with Crippen molar-refractivity contribution in [1.82, 2.24) is 4.98 Å². The molecule has 0 aliphatic carbocycles. The number of aromatic nitrogens is 1. The number of hydrogen-bond acceptors (Lipinski definition) is 6. The van der Waals surface area contributed by atoms with E-state index in [1.165, 1.54) is 6.07 Å². The molecule has 2 heterocycles. The Morgan fingerprint density at radius 1 is 1.50 bits per heavy atom. The van der Waals surface area contributed by atoms with Crippen molar-refractivity contribution < 1.29 is 4.92 Å². The molecule has 0 saturated carbocycles. The number of nitrogen functional groups attached to an aromatic ring is 1. The molecule has 7 heteroatoms. The molecule has 0 aromatic carbocycles. The molecule has 0 radical (unpaired) electrons. The minimum Gasteiger partial charge on any atom is -0.378 e. The van der Waals surface area contributed by atoms with E-state index in [1.54, 1.807) is 17.4 Å². The molecule has 0 saturated heterocycles. The summed E-state index contributed by atoms with van der Waals surface area (Å²) in [7, 11) is 0. The van der Waals surface area contributed by atoms with Crippen LogP contribution in [0.15, 0.2) is 29.6 Å². The van der Waals surface area contributed by atoms with Crippen molar-refractivity contribution in [3.05, 3.63) is 44.6 Å². The first-order valence-corrected chi connectivity index (χ1v) is 6.16. The second-order valence-electron chi connectivity index (χ2n) is 3.74. The molecule has 0 bridgehead atoms. The number of hydrogen-bond donors (Lipinski definition) is 2. The van der Waals surface area contributed by atoms with Gasteiger partial charge in [-0.2, -0.15) is 0 Å². The summed E-state index contributed by atoms with van der Waals surface area (Å²) in [5.41, 5.74) is 5.35. The van der Waals surface area contributed by atoms with Crippen molar-refractivity contribution in [3.8, 4) is 0 Å². The summed E-state index contributed by atoms with van der Waals surface area (Å²) in [6, 6.07) is 6.97. The lowest BCUT2D eigenvalue weighted by molar-refractivity contribution is -0.384. The van der Waals surface area contributed by atoms with Crippen molar-refractivity contribution in [1.29, 1.82) is 0 Å². The molecule has 1 unspecified atom stereocenters. The number of rotatable bonds is 4. The molecule has 0 fully saturated rings. The topological polar surface area (TPSA) is 94.1 Å². The molecule has 0 aliphatic heterocycles. The number of nitrogens with zero attached hydrogens (tertiary/aromatic N) is 2. The molecule has 1 atom stereocenters. The summed E-state index contributed by atoms with van der Waals surface area (Å²) in [4.78, 5) is 15.2. The maximum absolute atomic E-state index is 10.6. The van der Waals surface area contributed by atoms with Gasteiger partial charge in [0.2, 0.25) is 5.82 Å². The fraction of sp³-hybridized carbons (Fsp3) is 0.182. The lowest BCUT2D eigenvalue weighted by Gasteiger charge is -2.12. The zero-order chi connectivity index (χ0) is 13.1. The van der Waals surface area contributed by atoms with E-state index in [-0.39, 0.29) is 17.5 Å². The summed E-state index contributed by atoms with van der Waals surface area (Å²) in [6.07, 6.45) is 0. The van der Waals surface area contributed by atoms with Crippen molar-refractivity contribution in [2.24, 2.45) is 0 Å². The molecule has 0 spiro atoms. The van der Waals surface area contributed by atoms with Crippen LogP contribution in [0.3, 0.4) is 0 Å². The van der Waals surface area contributed by atoms with Gasteiger partial charge in [-0.05, 0) is 24.4 Å². The van der Waals surface area contributed by atoms with Gasteiger partial charge >= 0.3 is 5.69 Å². The Morgan fingerprint density at radius 2 is 2.28 bits per heavy atom. The quantitative estimate of drug-likeness (QED) is 0.654. The first kappa shape index (κ1) is 12.3. The Morgan fingerprint density at radius 3 is 2.83 bits per heavy atom. The number of anilines is 2. The number of nitrogens with two attached hydrogens (primary N) is 1. The van der Waals surface area contributed by atoms with E-state index in [1.807, 2.05) is 24.4 Å². The fourth-order valence-corrected chi connectivity index (χ4v) is 2.27. The second kappa shape index (κ2) is 5.01. The standard InChI is InChI=1S/C11H12N4O2S/c1-7(9-3-2-6-18-9)13-10-5-4-8(15(16)17)11(12)14-10/h2-7H,1H3,(H3,12,13,14). The highest BCUT2D eigenvalue weighted by molar-refractivity contribution is 7.10. The molecule has 2 aromatic heterocycles. The molecule has 6 nitrogen and oxygen atoms in total. The molecule has 0 aliphatic rings. The van der Waals surface area contributed by atoms with Crippen LogP contribution in [0.4, 0.5) is 17.3 Å². The van der Waals surface area contributed by atoms with E-state index in [0.717, 1.165) is 4.88 Å². The minimum atomic E-state index is -0.547. The Bertz CT molecular complexity index is 556. The number of thiophene rings is 1. The molecule has 2 rings (SSSR count). The SMILES string of the molecule is CC(Nc1ccc([N+](=O)[O-])c(N)n1)c1cccs1. The van der Waals surface area contributed by atoms with Gasteiger partial charge in [0.05, 0.1) is 11.0 Å². The predicted octanol–water partition coefficient (Wildman–Crippen LogP) is 2.81. The van der Waals surface area contributed by atoms with Crippen LogP contribution in [0.5, 0.6) is 0 Å². The third-order valence-electron chi connectivity index (χ3n) is 2.43. The van der Waals surface area contributed by atoms with Crippen LogP contribution in [-0.2, 0) is 0 Å². The number of nitro groups is 1. The lowest BCUT2D eigenvalue weighted by atomic mass is 10.2. The highest BCUT2D eigenvalue weighted by atomic mass is 32.1. The smallest absolute Gasteiger partial charge is 0.311 e. The van der Waals surface area contributed by atoms with Crippen LogP contribution >= 0.6 is 11.3 Å². The third-order valence-corrected chi connectivity index (χ3v) is 3.49. The molecule has 94 valence electrons. The first-order valence-electron chi connectivity index (χ1n) is 5.29. The van der Waals surface area contributed by atoms with Crippen LogP contribution in [0.25, 0.3) is 0 Å². The monoisotopic (exact) mass is 264 g/mol. The van der Waals surface area contributed by atoms with E-state index in [4.69, 9.17) is 5.73 Å². The van der Waals surface area contributed by atoms with Crippen LogP contribution in [0.2, 0.25) is 0 Å². The highest BCUT2D eigenvalue weighted by Crippen LogP contribution is 2.25. The summed E-state index contributed by atoms with van der Waals surface area (Å²) >= 11 is 1.63. The first-order chi connectivity index (χ1) is 8.58. The zero-order valence-electron chi connectivity index (χ0n) is 9.66. The van der Waals surface area contributed by atoms with Gasteiger partial charge in [0, 0.05) is 10.9 Å². The predicted molar refractivity (Wildman–Crippen MR) is 71.7 cm³/mol. The van der Waals surface area contributed by atoms with Gasteiger partial charge < -0.3 is 11.1 Å². The third kappa shape index (κ3) is 2.57. The van der Waals surface area contributed by atoms with Gasteiger partial charge in [0.1, 0.15) is 5.82 Å². The minimum absolute atomic E-state index is 0.0802. The van der Waals surface area contributed by atoms with E-state index in [9.17, 15) is 10.1 Å². The zero-order valence-corrected chi connectivity index (χ0v) is 10.5. The van der Waals surface area contributed by atoms with Crippen molar-refractivity contribution >= 4 is 28.7 Å². The van der Waals surface area contributed by atoms with E-state index < -0.39 is 4.92 Å². The van der Waals surface area contributed by atoms with Gasteiger partial charge in [0.15, 0.2) is 0 Å². The van der Waals surface area contributed by atoms with Crippen LogP contribution in [0, 0.1) is 10.1 Å². The average molecular weight is 264 g/mol. The van der Waals surface area contributed by atoms with E-state index in [2.05, 4.69) is 10.3 Å². The number of pyridine rings is 1. The van der Waals surface area contributed by atoms with Crippen LogP contribution < -0.4 is 11.1 Å². The second-order valence-corrected chi connectivity index (χ2v) is 4.72. The molecular weight excluding hydrogens is 252 g/mol. The van der Waals surface area contributed by atoms with Gasteiger partial charge in [-0.1, -0.05) is 6.07 Å². The van der Waals surface area contributed by atoms with E-state index in [0.29, 0.717) is 5.82 Å². The fourth-order valence-electron chi connectivity index (χ4n) is 1.53. The summed E-state index contributed by atoms with van der Waals surface area (Å²) < 4.78 is 0. The molecule has 2 aromatic rings. The van der Waals surface area contributed by atoms with Crippen LogP contribution in [-0.4, -0.2) is 9.91 Å². The van der Waals surface area contributed by atoms with Crippen LogP contribution in [0.1, 0.15) is 17.8 Å². The average Bonchev–Trinajstić information content (AvgIpc) is 2.81. The summed E-state index contributed by atoms with van der Waals surface area (Å²) in [6.45, 7) is 1.99. The molecule has 3 N–H and O–H groups in total. The van der Waals surface area contributed by atoms with E-state index >= 15 is 0 Å². The molecular formula is C11H12N4O2S. The Balaban J connectivity index is 2.15. The Kier molecular flexibility index (Phi) is 3.42. The largest absolute Gasteiger partial charge is 0.378 e. The highest BCUT2D eigenvalue weighted by Gasteiger charge is 2.14. The maximum atomic E-state index is 10.6. The van der Waals surface area contributed by atoms with Crippen molar-refractivity contribution in [2.75, 3.05) is 11.1 Å².